The van der Waals surface area contributed by atoms with Gasteiger partial charge in [-0.15, -0.1) is 0 Å². The number of hydrogen-bond donors (Lipinski definition) is 0. The van der Waals surface area contributed by atoms with Crippen molar-refractivity contribution in [3.05, 3.63) is 65.3 Å². The van der Waals surface area contributed by atoms with Crippen molar-refractivity contribution in [2.24, 2.45) is 7.05 Å². The van der Waals surface area contributed by atoms with Crippen LogP contribution < -0.4 is 0 Å². The number of aryl methyl sites for hydroxylation is 1. The maximum Gasteiger partial charge on any atom is 0.449 e. The number of halogens is 3. The molecule has 0 bridgehead atoms. The molecule has 1 atom stereocenters. The molecule has 164 valence electrons. The van der Waals surface area contributed by atoms with Crippen molar-refractivity contribution >= 4 is 16.9 Å². The largest absolute Gasteiger partial charge is 0.450 e. The van der Waals surface area contributed by atoms with Crippen molar-refractivity contribution < 1.29 is 22.4 Å². The Balaban J connectivity index is 1.47. The zero-order valence-corrected chi connectivity index (χ0v) is 17.2. The third kappa shape index (κ3) is 3.22. The van der Waals surface area contributed by atoms with Crippen molar-refractivity contribution in [1.82, 2.24) is 24.6 Å². The number of amides is 1. The number of hydrogen-bond acceptors (Lipinski definition) is 5. The molecule has 0 spiro atoms. The Morgan fingerprint density at radius 1 is 1.12 bits per heavy atom. The number of aromatic nitrogens is 4. The number of nitrogens with zero attached hydrogens (tertiary/aromatic N) is 5. The fourth-order valence-electron chi connectivity index (χ4n) is 4.21. The summed E-state index contributed by atoms with van der Waals surface area (Å²) in [5, 5.41) is 4.52. The van der Waals surface area contributed by atoms with Crippen LogP contribution in [0.5, 0.6) is 0 Å². The van der Waals surface area contributed by atoms with Crippen molar-refractivity contribution in [1.29, 1.82) is 0 Å². The van der Waals surface area contributed by atoms with E-state index < -0.39 is 11.9 Å². The fourth-order valence-corrected chi connectivity index (χ4v) is 4.21. The van der Waals surface area contributed by atoms with Crippen LogP contribution in [0, 0.1) is 0 Å². The molecule has 0 fully saturated rings. The molecule has 10 heteroatoms. The molecule has 1 amide bonds. The first-order valence-electron chi connectivity index (χ1n) is 9.99. The second-order valence-electron chi connectivity index (χ2n) is 7.68. The van der Waals surface area contributed by atoms with Crippen LogP contribution in [0.1, 0.15) is 40.3 Å². The number of furan rings is 1. The van der Waals surface area contributed by atoms with Crippen LogP contribution in [0.25, 0.3) is 22.5 Å². The second kappa shape index (κ2) is 7.18. The summed E-state index contributed by atoms with van der Waals surface area (Å²) in [4.78, 5) is 23.4. The molecular formula is C22H18F3N5O2. The molecular weight excluding hydrogens is 423 g/mol. The first-order valence-corrected chi connectivity index (χ1v) is 9.99. The van der Waals surface area contributed by atoms with Crippen molar-refractivity contribution in [2.75, 3.05) is 6.54 Å². The van der Waals surface area contributed by atoms with E-state index >= 15 is 0 Å². The van der Waals surface area contributed by atoms with Gasteiger partial charge in [0.1, 0.15) is 5.69 Å². The lowest BCUT2D eigenvalue weighted by Gasteiger charge is -2.33. The van der Waals surface area contributed by atoms with E-state index in [0.717, 1.165) is 11.6 Å². The highest BCUT2D eigenvalue weighted by atomic mass is 19.4. The van der Waals surface area contributed by atoms with Crippen molar-refractivity contribution in [2.45, 2.75) is 25.6 Å². The molecule has 1 aliphatic heterocycles. The predicted molar refractivity (Wildman–Crippen MR) is 109 cm³/mol. The average Bonchev–Trinajstić information content (AvgIpc) is 3.37. The summed E-state index contributed by atoms with van der Waals surface area (Å²) < 4.78 is 45.5. The predicted octanol–water partition coefficient (Wildman–Crippen LogP) is 4.40. The number of alkyl halides is 3. The number of carbonyl (C=O) groups is 1. The van der Waals surface area contributed by atoms with Crippen LogP contribution in [0.3, 0.4) is 0 Å². The van der Waals surface area contributed by atoms with Gasteiger partial charge in [0.25, 0.3) is 5.91 Å². The topological polar surface area (TPSA) is 77.0 Å². The van der Waals surface area contributed by atoms with E-state index in [4.69, 9.17) is 4.42 Å². The van der Waals surface area contributed by atoms with Gasteiger partial charge in [-0.1, -0.05) is 0 Å². The smallest absolute Gasteiger partial charge is 0.449 e. The highest BCUT2D eigenvalue weighted by Gasteiger charge is 2.37. The zero-order valence-electron chi connectivity index (χ0n) is 17.2. The van der Waals surface area contributed by atoms with Gasteiger partial charge in [-0.05, 0) is 43.7 Å². The molecule has 3 aromatic heterocycles. The van der Waals surface area contributed by atoms with Gasteiger partial charge in [-0.2, -0.15) is 18.3 Å². The molecule has 32 heavy (non-hydrogen) atoms. The second-order valence-corrected chi connectivity index (χ2v) is 7.68. The lowest BCUT2D eigenvalue weighted by atomic mass is 9.97. The quantitative estimate of drug-likeness (QED) is 0.461. The van der Waals surface area contributed by atoms with Gasteiger partial charge in [0.2, 0.25) is 5.76 Å². The monoisotopic (exact) mass is 441 g/mol. The van der Waals surface area contributed by atoms with Crippen LogP contribution in [0.4, 0.5) is 13.2 Å². The van der Waals surface area contributed by atoms with E-state index in [1.807, 2.05) is 6.92 Å². The Morgan fingerprint density at radius 3 is 2.59 bits per heavy atom. The third-order valence-electron chi connectivity index (χ3n) is 5.74. The Bertz CT molecular complexity index is 1340. The third-order valence-corrected chi connectivity index (χ3v) is 5.74. The molecule has 1 aliphatic rings. The van der Waals surface area contributed by atoms with E-state index in [0.29, 0.717) is 41.0 Å². The fraction of sp³-hybridized carbons (Fsp3) is 0.273. The SMILES string of the molecule is C[C@H]1c2nn(C)c(-c3ccc(C(F)(F)F)o3)c2CCN1C(=O)c1ccc2nccnc2c1. The molecule has 0 saturated heterocycles. The van der Waals surface area contributed by atoms with Crippen molar-refractivity contribution in [3.63, 3.8) is 0 Å². The standard InChI is InChI=1S/C22H18F3N5O2/c1-12-19-14(20(29(2)28-19)17-5-6-18(32-17)22(23,24)25)7-10-30(12)21(31)13-3-4-15-16(11-13)27-9-8-26-15/h3-6,8-9,11-12H,7,10H2,1-2H3/t12-/m0/s1. The minimum atomic E-state index is -4.56. The molecule has 4 aromatic rings. The van der Waals surface area contributed by atoms with Crippen LogP contribution in [-0.2, 0) is 19.6 Å². The van der Waals surface area contributed by atoms with Crippen LogP contribution in [0.15, 0.2) is 47.1 Å². The van der Waals surface area contributed by atoms with Crippen LogP contribution >= 0.6 is 0 Å². The lowest BCUT2D eigenvalue weighted by Crippen LogP contribution is -2.38. The lowest BCUT2D eigenvalue weighted by molar-refractivity contribution is -0.152. The molecule has 4 heterocycles. The average molecular weight is 441 g/mol. The molecule has 5 rings (SSSR count). The first-order chi connectivity index (χ1) is 15.2. The van der Waals surface area contributed by atoms with Gasteiger partial charge in [-0.25, -0.2) is 0 Å². The van der Waals surface area contributed by atoms with E-state index in [1.165, 1.54) is 10.7 Å². The molecule has 0 aliphatic carbocycles. The van der Waals surface area contributed by atoms with Gasteiger partial charge < -0.3 is 9.32 Å². The highest BCUT2D eigenvalue weighted by Crippen LogP contribution is 2.39. The van der Waals surface area contributed by atoms with E-state index in [2.05, 4.69) is 15.1 Å². The summed E-state index contributed by atoms with van der Waals surface area (Å²) in [5.41, 5.74) is 3.75. The van der Waals surface area contributed by atoms with Gasteiger partial charge in [0.05, 0.1) is 22.8 Å². The number of rotatable bonds is 2. The van der Waals surface area contributed by atoms with E-state index in [1.54, 1.807) is 42.5 Å². The van der Waals surface area contributed by atoms with Gasteiger partial charge in [0, 0.05) is 37.1 Å². The van der Waals surface area contributed by atoms with Gasteiger partial charge >= 0.3 is 6.18 Å². The summed E-state index contributed by atoms with van der Waals surface area (Å²) in [6.45, 7) is 2.26. The highest BCUT2D eigenvalue weighted by molar-refractivity contribution is 5.97. The molecule has 1 aromatic carbocycles. The summed E-state index contributed by atoms with van der Waals surface area (Å²) in [6, 6.07) is 7.04. The van der Waals surface area contributed by atoms with Crippen LogP contribution in [0.2, 0.25) is 0 Å². The summed E-state index contributed by atoms with van der Waals surface area (Å²) in [6.07, 6.45) is -0.949. The Kier molecular flexibility index (Phi) is 4.54. The zero-order chi connectivity index (χ0) is 22.6. The molecule has 0 radical (unpaired) electrons. The van der Waals surface area contributed by atoms with Gasteiger partial charge in [-0.3, -0.25) is 19.4 Å². The minimum absolute atomic E-state index is 0.105. The maximum absolute atomic E-state index is 13.2. The Labute approximate surface area is 180 Å². The summed E-state index contributed by atoms with van der Waals surface area (Å²) in [5.74, 6) is -1.11. The minimum Gasteiger partial charge on any atom is -0.450 e. The van der Waals surface area contributed by atoms with Crippen LogP contribution in [-0.4, -0.2) is 37.1 Å². The number of carbonyl (C=O) groups excluding carboxylic acids is 1. The Hall–Kier alpha value is -3.69. The first kappa shape index (κ1) is 20.2. The van der Waals surface area contributed by atoms with E-state index in [9.17, 15) is 18.0 Å². The normalized spacial score (nSPS) is 16.4. The Morgan fingerprint density at radius 2 is 1.88 bits per heavy atom. The summed E-state index contributed by atoms with van der Waals surface area (Å²) in [7, 11) is 1.66. The molecule has 0 saturated carbocycles. The summed E-state index contributed by atoms with van der Waals surface area (Å²) >= 11 is 0. The van der Waals surface area contributed by atoms with Gasteiger partial charge in [0.15, 0.2) is 5.76 Å². The molecule has 0 N–H and O–H groups in total. The number of benzene rings is 1. The number of fused-ring (bicyclic) bond motifs is 2. The maximum atomic E-state index is 13.2. The molecule has 7 nitrogen and oxygen atoms in total. The molecule has 0 unspecified atom stereocenters. The van der Waals surface area contributed by atoms with Crippen molar-refractivity contribution in [3.8, 4) is 11.5 Å². The van der Waals surface area contributed by atoms with E-state index in [-0.39, 0.29) is 17.7 Å².